The molecule has 24 heavy (non-hydrogen) atoms. The number of ether oxygens (including phenoxy) is 1. The van der Waals surface area contributed by atoms with E-state index in [-0.39, 0.29) is 23.7 Å². The van der Waals surface area contributed by atoms with Crippen LogP contribution < -0.4 is 15.7 Å². The number of anilines is 1. The highest BCUT2D eigenvalue weighted by Gasteiger charge is 2.32. The number of carbonyl (C=O) groups is 3. The Morgan fingerprint density at radius 2 is 2.04 bits per heavy atom. The number of hydrogen-bond donors (Lipinski definition) is 3. The Kier molecular flexibility index (Phi) is 5.26. The average molecular weight is 355 g/mol. The second-order valence-electron chi connectivity index (χ2n) is 6.23. The second-order valence-corrected chi connectivity index (χ2v) is 7.34. The lowest BCUT2D eigenvalue weighted by Gasteiger charge is -2.30. The smallest absolute Gasteiger partial charge is 0.314 e. The van der Waals surface area contributed by atoms with Crippen LogP contribution in [0, 0.1) is 0 Å². The molecular weight excluding hydrogens is 336 g/mol. The predicted octanol–water partition coefficient (Wildman–Crippen LogP) is -0.602. The second kappa shape index (κ2) is 6.88. The minimum atomic E-state index is -1.41. The molecule has 2 heterocycles. The number of amides is 2. The molecule has 0 spiro atoms. The van der Waals surface area contributed by atoms with Gasteiger partial charge in [-0.2, -0.15) is 0 Å². The molecule has 0 aliphatic carbocycles. The van der Waals surface area contributed by atoms with Crippen molar-refractivity contribution >= 4 is 34.1 Å². The van der Waals surface area contributed by atoms with Gasteiger partial charge in [-0.25, -0.2) is 0 Å². The van der Waals surface area contributed by atoms with Crippen LogP contribution in [0.5, 0.6) is 0 Å². The minimum absolute atomic E-state index is 0.0542. The third-order valence-electron chi connectivity index (χ3n) is 3.48. The predicted molar refractivity (Wildman–Crippen MR) is 84.5 cm³/mol. The quantitative estimate of drug-likeness (QED) is 0.619. The summed E-state index contributed by atoms with van der Waals surface area (Å²) < 4.78 is 5.63. The van der Waals surface area contributed by atoms with E-state index in [1.165, 1.54) is 6.92 Å². The number of thiophene rings is 1. The first-order chi connectivity index (χ1) is 11.1. The summed E-state index contributed by atoms with van der Waals surface area (Å²) in [5.41, 5.74) is -0.0623. The normalized spacial score (nSPS) is 16.8. The van der Waals surface area contributed by atoms with Gasteiger partial charge in [0.05, 0.1) is 24.3 Å². The molecule has 0 saturated carbocycles. The number of fused-ring (bicyclic) bond motifs is 1. The van der Waals surface area contributed by atoms with E-state index in [4.69, 9.17) is 9.84 Å². The van der Waals surface area contributed by atoms with Gasteiger partial charge in [0.15, 0.2) is 0 Å². The van der Waals surface area contributed by atoms with Crippen LogP contribution in [-0.4, -0.2) is 41.1 Å². The Morgan fingerprint density at radius 3 is 2.62 bits per heavy atom. The minimum Gasteiger partial charge on any atom is -0.545 e. The summed E-state index contributed by atoms with van der Waals surface area (Å²) in [5, 5.41) is 25.2. The Hall–Kier alpha value is -1.97. The van der Waals surface area contributed by atoms with Crippen molar-refractivity contribution in [1.29, 1.82) is 0 Å². The first-order valence-corrected chi connectivity index (χ1v) is 8.19. The van der Waals surface area contributed by atoms with E-state index in [9.17, 15) is 19.5 Å². The third kappa shape index (κ3) is 4.11. The van der Waals surface area contributed by atoms with Crippen LogP contribution in [0.4, 0.5) is 5.00 Å². The number of rotatable bonds is 4. The van der Waals surface area contributed by atoms with E-state index in [0.717, 1.165) is 11.3 Å². The van der Waals surface area contributed by atoms with E-state index in [1.54, 1.807) is 0 Å². The number of carboxylic acids is 1. The molecule has 0 fully saturated rings. The zero-order valence-corrected chi connectivity index (χ0v) is 14.4. The van der Waals surface area contributed by atoms with Crippen molar-refractivity contribution in [3.8, 4) is 0 Å². The van der Waals surface area contributed by atoms with Gasteiger partial charge in [0, 0.05) is 23.4 Å². The van der Waals surface area contributed by atoms with Crippen molar-refractivity contribution in [3.63, 3.8) is 0 Å². The number of aromatic carboxylic acids is 1. The highest BCUT2D eigenvalue weighted by molar-refractivity contribution is 7.17. The lowest BCUT2D eigenvalue weighted by atomic mass is 9.93. The maximum atomic E-state index is 11.9. The number of carboxylic acid groups (broad SMARTS) is 1. The molecule has 2 amide bonds. The molecule has 1 aliphatic rings. The van der Waals surface area contributed by atoms with Crippen molar-refractivity contribution < 1.29 is 29.3 Å². The van der Waals surface area contributed by atoms with Crippen molar-refractivity contribution in [2.45, 2.75) is 45.5 Å². The summed E-state index contributed by atoms with van der Waals surface area (Å²) >= 11 is 1.05. The highest BCUT2D eigenvalue weighted by atomic mass is 32.1. The number of carbonyl (C=O) groups excluding carboxylic acids is 3. The Bertz CT molecular complexity index is 680. The van der Waals surface area contributed by atoms with Crippen LogP contribution in [0.25, 0.3) is 0 Å². The van der Waals surface area contributed by atoms with Crippen LogP contribution in [-0.2, 0) is 27.4 Å². The zero-order chi connectivity index (χ0) is 18.1. The molecule has 1 aliphatic heterocycles. The molecule has 1 aromatic rings. The average Bonchev–Trinajstić information content (AvgIpc) is 2.80. The van der Waals surface area contributed by atoms with Gasteiger partial charge in [-0.1, -0.05) is 0 Å². The number of aliphatic hydroxyl groups excluding tert-OH is 1. The Morgan fingerprint density at radius 1 is 1.38 bits per heavy atom. The molecule has 0 radical (unpaired) electrons. The lowest BCUT2D eigenvalue weighted by molar-refractivity contribution is -0.255. The van der Waals surface area contributed by atoms with Crippen LogP contribution >= 0.6 is 11.3 Å². The van der Waals surface area contributed by atoms with Crippen LogP contribution in [0.2, 0.25) is 0 Å². The van der Waals surface area contributed by atoms with E-state index >= 15 is 0 Å². The van der Waals surface area contributed by atoms with Crippen molar-refractivity contribution in [2.24, 2.45) is 0 Å². The van der Waals surface area contributed by atoms with Gasteiger partial charge in [-0.3, -0.25) is 9.59 Å². The molecule has 8 nitrogen and oxygen atoms in total. The summed E-state index contributed by atoms with van der Waals surface area (Å²) in [4.78, 5) is 35.7. The molecule has 9 heteroatoms. The van der Waals surface area contributed by atoms with E-state index in [0.29, 0.717) is 16.9 Å². The lowest BCUT2D eigenvalue weighted by Crippen LogP contribution is -2.39. The molecule has 1 aromatic heterocycles. The summed E-state index contributed by atoms with van der Waals surface area (Å²) in [6, 6.07) is 0. The molecular formula is C15H19N2O6S-. The zero-order valence-electron chi connectivity index (χ0n) is 13.6. The summed E-state index contributed by atoms with van der Waals surface area (Å²) in [6.07, 6.45) is -0.430. The van der Waals surface area contributed by atoms with Gasteiger partial charge in [-0.15, -0.1) is 11.3 Å². The molecule has 0 bridgehead atoms. The number of aliphatic hydroxyl groups is 1. The standard InChI is InChI=1S/C15H20N2O6S/c1-7(18)5-16-11(19)12(20)17-13-10(14(21)22)8-4-15(2,3)23-6-9(8)24-13/h7,18H,4-6H2,1-3H3,(H,16,19)(H,17,20)(H,21,22)/p-1/t7-/m1/s1. The number of hydrogen-bond acceptors (Lipinski definition) is 7. The fourth-order valence-electron chi connectivity index (χ4n) is 2.34. The first kappa shape index (κ1) is 18.4. The topological polar surface area (TPSA) is 128 Å². The SMILES string of the molecule is C[C@@H](O)CNC(=O)C(=O)Nc1sc2c(c1C(=O)[O-])CC(C)(C)OC2. The highest BCUT2D eigenvalue weighted by Crippen LogP contribution is 2.40. The van der Waals surface area contributed by atoms with Crippen molar-refractivity contribution in [1.82, 2.24) is 5.32 Å². The fraction of sp³-hybridized carbons (Fsp3) is 0.533. The van der Waals surface area contributed by atoms with E-state index in [2.05, 4.69) is 10.6 Å². The van der Waals surface area contributed by atoms with Gasteiger partial charge >= 0.3 is 11.8 Å². The Labute approximate surface area is 142 Å². The van der Waals surface area contributed by atoms with Gasteiger partial charge in [0.25, 0.3) is 0 Å². The molecule has 0 unspecified atom stereocenters. The monoisotopic (exact) mass is 355 g/mol. The first-order valence-electron chi connectivity index (χ1n) is 7.38. The van der Waals surface area contributed by atoms with Crippen LogP contribution in [0.1, 0.15) is 41.6 Å². The third-order valence-corrected chi connectivity index (χ3v) is 4.60. The summed E-state index contributed by atoms with van der Waals surface area (Å²) in [7, 11) is 0. The summed E-state index contributed by atoms with van der Waals surface area (Å²) in [6.45, 7) is 5.30. The van der Waals surface area contributed by atoms with Gasteiger partial charge < -0.3 is 30.4 Å². The van der Waals surface area contributed by atoms with E-state index < -0.39 is 29.5 Å². The molecule has 0 saturated heterocycles. The molecule has 1 atom stereocenters. The Balaban J connectivity index is 2.22. The van der Waals surface area contributed by atoms with Gasteiger partial charge in [0.2, 0.25) is 0 Å². The largest absolute Gasteiger partial charge is 0.545 e. The molecule has 2 rings (SSSR count). The van der Waals surface area contributed by atoms with Crippen molar-refractivity contribution in [3.05, 3.63) is 16.0 Å². The molecule has 0 aromatic carbocycles. The summed E-state index contributed by atoms with van der Waals surface area (Å²) in [5.74, 6) is -3.37. The maximum absolute atomic E-state index is 11.9. The van der Waals surface area contributed by atoms with Gasteiger partial charge in [-0.05, 0) is 26.3 Å². The molecule has 3 N–H and O–H groups in total. The van der Waals surface area contributed by atoms with Gasteiger partial charge in [0.1, 0.15) is 5.00 Å². The maximum Gasteiger partial charge on any atom is 0.314 e. The van der Waals surface area contributed by atoms with E-state index in [1.807, 2.05) is 13.8 Å². The molecule has 132 valence electrons. The fourth-order valence-corrected chi connectivity index (χ4v) is 3.45. The van der Waals surface area contributed by atoms with Crippen molar-refractivity contribution in [2.75, 3.05) is 11.9 Å². The number of nitrogens with one attached hydrogen (secondary N) is 2. The van der Waals surface area contributed by atoms with Crippen LogP contribution in [0.15, 0.2) is 0 Å². The van der Waals surface area contributed by atoms with Crippen LogP contribution in [0.3, 0.4) is 0 Å².